The highest BCUT2D eigenvalue weighted by Gasteiger charge is 2.49. The van der Waals surface area contributed by atoms with Gasteiger partial charge < -0.3 is 15.0 Å². The van der Waals surface area contributed by atoms with Crippen LogP contribution in [-0.2, 0) is 6.54 Å². The second kappa shape index (κ2) is 7.71. The molecule has 2 heterocycles. The first-order chi connectivity index (χ1) is 14.3. The van der Waals surface area contributed by atoms with Crippen LogP contribution in [0.2, 0.25) is 5.15 Å². The first-order valence-corrected chi connectivity index (χ1v) is 9.73. The second-order valence-electron chi connectivity index (χ2n) is 7.26. The lowest BCUT2D eigenvalue weighted by atomic mass is 9.88. The number of nitrogens with zero attached hydrogens (tertiary/aromatic N) is 4. The normalized spacial score (nSPS) is 17.4. The summed E-state index contributed by atoms with van der Waals surface area (Å²) < 4.78 is 33.5. The fourth-order valence-corrected chi connectivity index (χ4v) is 3.54. The molecule has 1 N–H and O–H groups in total. The number of fused-ring (bicyclic) bond motifs is 1. The zero-order chi connectivity index (χ0) is 21.5. The van der Waals surface area contributed by atoms with Gasteiger partial charge in [0.05, 0.1) is 25.0 Å². The zero-order valence-corrected chi connectivity index (χ0v) is 17.2. The van der Waals surface area contributed by atoms with E-state index in [0.717, 1.165) is 11.3 Å². The van der Waals surface area contributed by atoms with E-state index in [9.17, 15) is 13.6 Å². The molecule has 1 amide bonds. The highest BCUT2D eigenvalue weighted by atomic mass is 35.5. The number of imidazole rings is 1. The van der Waals surface area contributed by atoms with E-state index in [-0.39, 0.29) is 23.7 Å². The van der Waals surface area contributed by atoms with E-state index in [2.05, 4.69) is 15.4 Å². The number of nitrogens with one attached hydrogen (secondary N) is 1. The van der Waals surface area contributed by atoms with Crippen molar-refractivity contribution in [1.29, 1.82) is 0 Å². The van der Waals surface area contributed by atoms with Gasteiger partial charge in [0.15, 0.2) is 16.5 Å². The molecule has 158 valence electrons. The van der Waals surface area contributed by atoms with Crippen LogP contribution in [-0.4, -0.2) is 46.6 Å². The van der Waals surface area contributed by atoms with Gasteiger partial charge in [-0.1, -0.05) is 23.7 Å². The van der Waals surface area contributed by atoms with E-state index in [1.807, 2.05) is 36.2 Å². The molecule has 10 heteroatoms. The number of benzene rings is 1. The summed E-state index contributed by atoms with van der Waals surface area (Å²) in [5.74, 6) is -2.78. The number of alkyl halides is 2. The molecule has 0 radical (unpaired) electrons. The fourth-order valence-electron chi connectivity index (χ4n) is 3.37. The smallest absolute Gasteiger partial charge is 0.272 e. The summed E-state index contributed by atoms with van der Waals surface area (Å²) in [6.07, 6.45) is 1.32. The Morgan fingerprint density at radius 1 is 1.40 bits per heavy atom. The maximum atomic E-state index is 13.5. The summed E-state index contributed by atoms with van der Waals surface area (Å²) in [4.78, 5) is 18.7. The number of rotatable bonds is 6. The van der Waals surface area contributed by atoms with Gasteiger partial charge in [0.2, 0.25) is 0 Å². The fraction of sp³-hybridized carbons (Fsp3) is 0.350. The van der Waals surface area contributed by atoms with E-state index < -0.39 is 17.9 Å². The Kier molecular flexibility index (Phi) is 5.23. The van der Waals surface area contributed by atoms with Crippen molar-refractivity contribution in [2.45, 2.75) is 31.4 Å². The molecule has 1 aliphatic carbocycles. The topological polar surface area (TPSA) is 71.8 Å². The summed E-state index contributed by atoms with van der Waals surface area (Å²) in [5, 5.41) is 6.66. The molecule has 1 aliphatic rings. The largest absolute Gasteiger partial charge is 0.497 e. The van der Waals surface area contributed by atoms with Gasteiger partial charge in [0.1, 0.15) is 5.75 Å². The molecule has 4 rings (SSSR count). The number of carbonyl (C=O) groups is 1. The van der Waals surface area contributed by atoms with E-state index in [1.54, 1.807) is 13.2 Å². The van der Waals surface area contributed by atoms with Crippen LogP contribution in [0.4, 0.5) is 14.5 Å². The molecule has 1 fully saturated rings. The summed E-state index contributed by atoms with van der Waals surface area (Å²) in [6, 6.07) is 8.09. The molecule has 30 heavy (non-hydrogen) atoms. The minimum atomic E-state index is -2.88. The van der Waals surface area contributed by atoms with Crippen molar-refractivity contribution >= 4 is 28.8 Å². The standard InChI is InChI=1S/C20H20ClF2N5O2/c1-27(11-12-3-5-13(30-2)6-4-12)14-9-17(21)26-28-15(10-24-18(14)28)19(29)25-16-7-8-20(16,22)23/h3-6,9-10,16H,7-8,11H2,1-2H3,(H,25,29)/t16-/m1/s1. The lowest BCUT2D eigenvalue weighted by molar-refractivity contribution is -0.102. The molecule has 0 saturated heterocycles. The first-order valence-electron chi connectivity index (χ1n) is 9.35. The molecule has 1 aromatic carbocycles. The van der Waals surface area contributed by atoms with Gasteiger partial charge in [0.25, 0.3) is 11.8 Å². The van der Waals surface area contributed by atoms with E-state index in [1.165, 1.54) is 10.7 Å². The third-order valence-corrected chi connectivity index (χ3v) is 5.41. The molecule has 1 atom stereocenters. The van der Waals surface area contributed by atoms with Crippen molar-refractivity contribution in [2.24, 2.45) is 0 Å². The number of hydrogen-bond donors (Lipinski definition) is 1. The number of amides is 1. The number of aromatic nitrogens is 3. The molecule has 0 unspecified atom stereocenters. The number of ether oxygens (including phenoxy) is 1. The van der Waals surface area contributed by atoms with Crippen molar-refractivity contribution in [3.05, 3.63) is 52.9 Å². The monoisotopic (exact) mass is 435 g/mol. The summed E-state index contributed by atoms with van der Waals surface area (Å²) in [5.41, 5.74) is 2.13. The quantitative estimate of drug-likeness (QED) is 0.641. The molecule has 3 aromatic rings. The van der Waals surface area contributed by atoms with Crippen molar-refractivity contribution in [3.8, 4) is 5.75 Å². The average Bonchev–Trinajstić information content (AvgIpc) is 3.14. The predicted molar refractivity (Wildman–Crippen MR) is 109 cm³/mol. The van der Waals surface area contributed by atoms with Gasteiger partial charge in [-0.05, 0) is 24.1 Å². The van der Waals surface area contributed by atoms with Crippen LogP contribution in [0.5, 0.6) is 5.75 Å². The van der Waals surface area contributed by atoms with Crippen molar-refractivity contribution in [3.63, 3.8) is 0 Å². The lowest BCUT2D eigenvalue weighted by Gasteiger charge is -2.36. The second-order valence-corrected chi connectivity index (χ2v) is 7.65. The van der Waals surface area contributed by atoms with Crippen LogP contribution < -0.4 is 15.0 Å². The first kappa shape index (κ1) is 20.3. The number of hydrogen-bond acceptors (Lipinski definition) is 5. The van der Waals surface area contributed by atoms with Crippen LogP contribution in [0.1, 0.15) is 28.9 Å². The Hall–Kier alpha value is -2.94. The molecular formula is C20H20ClF2N5O2. The Morgan fingerprint density at radius 3 is 2.73 bits per heavy atom. The molecule has 0 bridgehead atoms. The van der Waals surface area contributed by atoms with Gasteiger partial charge in [-0.2, -0.15) is 5.10 Å². The van der Waals surface area contributed by atoms with Gasteiger partial charge in [-0.3, -0.25) is 4.79 Å². The molecular weight excluding hydrogens is 416 g/mol. The van der Waals surface area contributed by atoms with E-state index in [4.69, 9.17) is 16.3 Å². The molecule has 0 spiro atoms. The van der Waals surface area contributed by atoms with Gasteiger partial charge in [-0.25, -0.2) is 18.3 Å². The molecule has 7 nitrogen and oxygen atoms in total. The third kappa shape index (κ3) is 3.77. The van der Waals surface area contributed by atoms with Crippen LogP contribution in [0, 0.1) is 0 Å². The van der Waals surface area contributed by atoms with Crippen molar-refractivity contribution in [1.82, 2.24) is 19.9 Å². The Labute approximate surface area is 176 Å². The van der Waals surface area contributed by atoms with E-state index >= 15 is 0 Å². The molecule has 0 aliphatic heterocycles. The number of halogens is 3. The Morgan fingerprint density at radius 2 is 2.13 bits per heavy atom. The number of anilines is 1. The van der Waals surface area contributed by atoms with Crippen LogP contribution in [0.3, 0.4) is 0 Å². The molecule has 1 saturated carbocycles. The Bertz CT molecular complexity index is 1090. The lowest BCUT2D eigenvalue weighted by Crippen LogP contribution is -2.55. The predicted octanol–water partition coefficient (Wildman–Crippen LogP) is 3.56. The van der Waals surface area contributed by atoms with Crippen LogP contribution >= 0.6 is 11.6 Å². The van der Waals surface area contributed by atoms with Crippen LogP contribution in [0.15, 0.2) is 36.5 Å². The highest BCUT2D eigenvalue weighted by molar-refractivity contribution is 6.29. The van der Waals surface area contributed by atoms with Gasteiger partial charge in [-0.15, -0.1) is 0 Å². The highest BCUT2D eigenvalue weighted by Crippen LogP contribution is 2.37. The third-order valence-electron chi connectivity index (χ3n) is 5.22. The maximum absolute atomic E-state index is 13.5. The zero-order valence-electron chi connectivity index (χ0n) is 16.4. The average molecular weight is 436 g/mol. The Balaban J connectivity index is 1.60. The van der Waals surface area contributed by atoms with Gasteiger partial charge >= 0.3 is 0 Å². The van der Waals surface area contributed by atoms with Crippen molar-refractivity contribution in [2.75, 3.05) is 19.1 Å². The minimum Gasteiger partial charge on any atom is -0.497 e. The van der Waals surface area contributed by atoms with Gasteiger partial charge in [0, 0.05) is 26.1 Å². The maximum Gasteiger partial charge on any atom is 0.272 e. The van der Waals surface area contributed by atoms with E-state index in [0.29, 0.717) is 17.9 Å². The summed E-state index contributed by atoms with van der Waals surface area (Å²) >= 11 is 6.18. The van der Waals surface area contributed by atoms with Crippen LogP contribution in [0.25, 0.3) is 5.65 Å². The minimum absolute atomic E-state index is 0.0503. The summed E-state index contributed by atoms with van der Waals surface area (Å²) in [7, 11) is 3.47. The van der Waals surface area contributed by atoms with Crippen molar-refractivity contribution < 1.29 is 18.3 Å². The number of methoxy groups -OCH3 is 1. The summed E-state index contributed by atoms with van der Waals surface area (Å²) in [6.45, 7) is 0.544. The molecule has 2 aromatic heterocycles. The number of carbonyl (C=O) groups excluding carboxylic acids is 1. The SMILES string of the molecule is COc1ccc(CN(C)c2cc(Cl)nn3c(C(=O)N[C@@H]4CCC4(F)F)cnc23)cc1.